The molecule has 2 amide bonds. The van der Waals surface area contributed by atoms with Crippen LogP contribution in [0.4, 0.5) is 5.69 Å². The minimum absolute atomic E-state index is 0.109. The van der Waals surface area contributed by atoms with Crippen molar-refractivity contribution in [3.63, 3.8) is 0 Å². The Morgan fingerprint density at radius 3 is 2.69 bits per heavy atom. The zero-order chi connectivity index (χ0) is 24.4. The quantitative estimate of drug-likeness (QED) is 0.195. The molecule has 174 valence electrons. The Labute approximate surface area is 213 Å². The molecule has 7 nitrogen and oxygen atoms in total. The van der Waals surface area contributed by atoms with E-state index in [2.05, 4.69) is 31.8 Å². The summed E-state index contributed by atoms with van der Waals surface area (Å²) in [4.78, 5) is 25.1. The zero-order valence-electron chi connectivity index (χ0n) is 18.2. The molecular formula is C26H18BrClN4O3. The highest BCUT2D eigenvalue weighted by atomic mass is 79.9. The Morgan fingerprint density at radius 1 is 1.06 bits per heavy atom. The summed E-state index contributed by atoms with van der Waals surface area (Å²) < 4.78 is 8.33. The predicted octanol–water partition coefficient (Wildman–Crippen LogP) is 6.21. The summed E-state index contributed by atoms with van der Waals surface area (Å²) in [5.74, 6) is -0.474. The van der Waals surface area contributed by atoms with Gasteiger partial charge < -0.3 is 14.3 Å². The number of nitrogens with zero attached hydrogens (tertiary/aromatic N) is 2. The number of amides is 2. The van der Waals surface area contributed by atoms with Crippen molar-refractivity contribution in [1.82, 2.24) is 9.99 Å². The number of furan rings is 1. The topological polar surface area (TPSA) is 88.6 Å². The van der Waals surface area contributed by atoms with Gasteiger partial charge in [0.05, 0.1) is 6.21 Å². The average molecular weight is 550 g/mol. The summed E-state index contributed by atoms with van der Waals surface area (Å²) in [5.41, 5.74) is 5.41. The summed E-state index contributed by atoms with van der Waals surface area (Å²) in [6.45, 7) is 0.109. The third-order valence-corrected chi connectivity index (χ3v) is 6.08. The first-order chi connectivity index (χ1) is 17.0. The number of nitrogens with one attached hydrogen (secondary N) is 2. The Balaban J connectivity index is 1.31. The molecular weight excluding hydrogens is 532 g/mol. The molecule has 0 atom stereocenters. The Hall–Kier alpha value is -3.88. The average Bonchev–Trinajstić information content (AvgIpc) is 3.42. The van der Waals surface area contributed by atoms with Crippen LogP contribution in [0.5, 0.6) is 0 Å². The summed E-state index contributed by atoms with van der Waals surface area (Å²) >= 11 is 9.31. The number of fused-ring (bicyclic) bond motifs is 2. The number of anilines is 1. The molecule has 0 unspecified atom stereocenters. The molecule has 0 fully saturated rings. The van der Waals surface area contributed by atoms with Gasteiger partial charge in [-0.2, -0.15) is 5.10 Å². The Morgan fingerprint density at radius 2 is 1.86 bits per heavy atom. The molecule has 0 aliphatic heterocycles. The number of carbonyl (C=O) groups excluding carboxylic acids is 2. The van der Waals surface area contributed by atoms with Crippen LogP contribution in [-0.2, 0) is 11.3 Å². The van der Waals surface area contributed by atoms with Crippen molar-refractivity contribution in [2.24, 2.45) is 5.10 Å². The van der Waals surface area contributed by atoms with E-state index in [0.717, 1.165) is 26.3 Å². The van der Waals surface area contributed by atoms with E-state index in [1.54, 1.807) is 42.6 Å². The predicted molar refractivity (Wildman–Crippen MR) is 141 cm³/mol. The van der Waals surface area contributed by atoms with E-state index < -0.39 is 5.91 Å². The second-order valence-electron chi connectivity index (χ2n) is 7.78. The molecule has 9 heteroatoms. The number of rotatable bonds is 6. The van der Waals surface area contributed by atoms with E-state index in [1.807, 2.05) is 47.2 Å². The van der Waals surface area contributed by atoms with Gasteiger partial charge >= 0.3 is 5.91 Å². The molecule has 0 spiro atoms. The van der Waals surface area contributed by atoms with Gasteiger partial charge in [-0.3, -0.25) is 9.59 Å². The summed E-state index contributed by atoms with van der Waals surface area (Å²) in [7, 11) is 0. The van der Waals surface area contributed by atoms with Crippen LogP contribution in [0.1, 0.15) is 16.1 Å². The molecule has 2 aromatic heterocycles. The molecule has 35 heavy (non-hydrogen) atoms. The van der Waals surface area contributed by atoms with Crippen molar-refractivity contribution < 1.29 is 14.0 Å². The van der Waals surface area contributed by atoms with Gasteiger partial charge in [-0.25, -0.2) is 5.43 Å². The SMILES string of the molecule is O=C(Cn1cc(/C=N/NC(=O)c2cc3cc(Br)ccc3o2)c2ccccc21)Nc1ccc(Cl)cc1. The lowest BCUT2D eigenvalue weighted by molar-refractivity contribution is -0.116. The van der Waals surface area contributed by atoms with E-state index in [0.29, 0.717) is 16.3 Å². The van der Waals surface area contributed by atoms with Gasteiger partial charge in [-0.15, -0.1) is 0 Å². The van der Waals surface area contributed by atoms with E-state index in [9.17, 15) is 9.59 Å². The second-order valence-corrected chi connectivity index (χ2v) is 9.13. The fourth-order valence-electron chi connectivity index (χ4n) is 3.74. The van der Waals surface area contributed by atoms with Gasteiger partial charge in [0.25, 0.3) is 0 Å². The molecule has 0 aliphatic rings. The zero-order valence-corrected chi connectivity index (χ0v) is 20.5. The molecule has 5 rings (SSSR count). The fourth-order valence-corrected chi connectivity index (χ4v) is 4.24. The van der Waals surface area contributed by atoms with Crippen molar-refractivity contribution in [3.8, 4) is 0 Å². The number of benzene rings is 3. The molecule has 0 aliphatic carbocycles. The Bertz CT molecular complexity index is 1590. The second kappa shape index (κ2) is 9.77. The maximum absolute atomic E-state index is 12.6. The molecule has 0 bridgehead atoms. The van der Waals surface area contributed by atoms with Crippen molar-refractivity contribution >= 4 is 73.1 Å². The maximum atomic E-state index is 12.6. The van der Waals surface area contributed by atoms with Gasteiger partial charge in [0.1, 0.15) is 12.1 Å². The van der Waals surface area contributed by atoms with Gasteiger partial charge in [0.15, 0.2) is 5.76 Å². The van der Waals surface area contributed by atoms with Crippen LogP contribution in [0.3, 0.4) is 0 Å². The third kappa shape index (κ3) is 5.13. The van der Waals surface area contributed by atoms with E-state index >= 15 is 0 Å². The standard InChI is InChI=1S/C26H18BrClN4O3/c27-18-5-10-23-16(11-18)12-24(35-23)26(34)31-29-13-17-14-32(22-4-2-1-3-21(17)22)15-25(33)30-20-8-6-19(28)7-9-20/h1-14H,15H2,(H,30,33)(H,31,34)/b29-13+. The number of hydrogen-bond acceptors (Lipinski definition) is 4. The lowest BCUT2D eigenvalue weighted by atomic mass is 10.2. The number of halogens is 2. The van der Waals surface area contributed by atoms with Crippen LogP contribution in [0.25, 0.3) is 21.9 Å². The number of para-hydroxylation sites is 1. The first-order valence-corrected chi connectivity index (χ1v) is 11.8. The van der Waals surface area contributed by atoms with E-state index in [-0.39, 0.29) is 18.2 Å². The van der Waals surface area contributed by atoms with Gasteiger partial charge in [0, 0.05) is 43.2 Å². The van der Waals surface area contributed by atoms with Crippen LogP contribution >= 0.6 is 27.5 Å². The molecule has 2 heterocycles. The largest absolute Gasteiger partial charge is 0.451 e. The van der Waals surface area contributed by atoms with Gasteiger partial charge in [-0.1, -0.05) is 45.7 Å². The van der Waals surface area contributed by atoms with Crippen molar-refractivity contribution in [3.05, 3.63) is 99.8 Å². The van der Waals surface area contributed by atoms with Crippen LogP contribution in [0, 0.1) is 0 Å². The van der Waals surface area contributed by atoms with Crippen molar-refractivity contribution in [1.29, 1.82) is 0 Å². The normalized spacial score (nSPS) is 11.4. The van der Waals surface area contributed by atoms with E-state index in [1.165, 1.54) is 0 Å². The first kappa shape index (κ1) is 22.9. The van der Waals surface area contributed by atoms with Crippen LogP contribution in [0.2, 0.25) is 5.02 Å². The lowest BCUT2D eigenvalue weighted by Gasteiger charge is -2.07. The summed E-state index contributed by atoms with van der Waals surface area (Å²) in [5, 5.41) is 9.28. The van der Waals surface area contributed by atoms with E-state index in [4.69, 9.17) is 16.0 Å². The molecule has 0 saturated carbocycles. The highest BCUT2D eigenvalue weighted by molar-refractivity contribution is 9.10. The van der Waals surface area contributed by atoms with Crippen LogP contribution in [0.15, 0.2) is 93.0 Å². The number of aromatic nitrogens is 1. The number of hydrazone groups is 1. The monoisotopic (exact) mass is 548 g/mol. The number of carbonyl (C=O) groups is 2. The molecule has 0 radical (unpaired) electrons. The maximum Gasteiger partial charge on any atom is 0.307 e. The van der Waals surface area contributed by atoms with Crippen molar-refractivity contribution in [2.45, 2.75) is 6.54 Å². The lowest BCUT2D eigenvalue weighted by Crippen LogP contribution is -2.18. The summed E-state index contributed by atoms with van der Waals surface area (Å²) in [6.07, 6.45) is 3.37. The van der Waals surface area contributed by atoms with Gasteiger partial charge in [0.2, 0.25) is 5.91 Å². The minimum Gasteiger partial charge on any atom is -0.451 e. The smallest absolute Gasteiger partial charge is 0.307 e. The molecule has 3 aromatic carbocycles. The Kier molecular flexibility index (Phi) is 6.39. The van der Waals surface area contributed by atoms with Crippen molar-refractivity contribution in [2.75, 3.05) is 5.32 Å². The van der Waals surface area contributed by atoms with Crippen LogP contribution < -0.4 is 10.7 Å². The number of hydrogen-bond donors (Lipinski definition) is 2. The highest BCUT2D eigenvalue weighted by Crippen LogP contribution is 2.24. The highest BCUT2D eigenvalue weighted by Gasteiger charge is 2.13. The molecule has 5 aromatic rings. The minimum atomic E-state index is -0.459. The van der Waals surface area contributed by atoms with Gasteiger partial charge in [-0.05, 0) is 54.6 Å². The van der Waals surface area contributed by atoms with Crippen LogP contribution in [-0.4, -0.2) is 22.6 Å². The first-order valence-electron chi connectivity index (χ1n) is 10.6. The summed E-state index contributed by atoms with van der Waals surface area (Å²) in [6, 6.07) is 21.8. The molecule has 2 N–H and O–H groups in total. The third-order valence-electron chi connectivity index (χ3n) is 5.33. The molecule has 0 saturated heterocycles. The fraction of sp³-hybridized carbons (Fsp3) is 0.0385.